The number of hydrogen-bond acceptors (Lipinski definition) is 8. The fraction of sp³-hybridized carbons (Fsp3) is 0.276. The predicted molar refractivity (Wildman–Crippen MR) is 148 cm³/mol. The van der Waals surface area contributed by atoms with E-state index < -0.39 is 0 Å². The van der Waals surface area contributed by atoms with Gasteiger partial charge in [0.15, 0.2) is 11.5 Å². The average Bonchev–Trinajstić information content (AvgIpc) is 2.97. The van der Waals surface area contributed by atoms with E-state index in [9.17, 15) is 9.18 Å². The Kier molecular flexibility index (Phi) is 8.45. The summed E-state index contributed by atoms with van der Waals surface area (Å²) in [6, 6.07) is 16.3. The van der Waals surface area contributed by atoms with Crippen molar-refractivity contribution in [3.8, 4) is 11.5 Å². The lowest BCUT2D eigenvalue weighted by molar-refractivity contribution is 0.0357. The van der Waals surface area contributed by atoms with Gasteiger partial charge in [-0.15, -0.1) is 0 Å². The number of hydrogen-bond donors (Lipinski definition) is 2. The Bertz CT molecular complexity index is 1410. The molecule has 5 rings (SSSR count). The van der Waals surface area contributed by atoms with Crippen molar-refractivity contribution in [2.24, 2.45) is 0 Å². The van der Waals surface area contributed by atoms with Gasteiger partial charge in [0, 0.05) is 48.0 Å². The van der Waals surface area contributed by atoms with Crippen LogP contribution in [-0.2, 0) is 4.74 Å². The molecule has 1 saturated heterocycles. The van der Waals surface area contributed by atoms with E-state index in [4.69, 9.17) is 14.2 Å². The number of anilines is 3. The van der Waals surface area contributed by atoms with Crippen molar-refractivity contribution < 1.29 is 23.4 Å². The summed E-state index contributed by atoms with van der Waals surface area (Å²) in [4.78, 5) is 23.6. The van der Waals surface area contributed by atoms with E-state index in [0.717, 1.165) is 55.9 Å². The minimum atomic E-state index is -0.389. The molecular weight excluding hydrogens is 501 g/mol. The minimum absolute atomic E-state index is 0.316. The zero-order valence-electron chi connectivity index (χ0n) is 21.7. The molecule has 202 valence electrons. The van der Waals surface area contributed by atoms with Gasteiger partial charge in [-0.25, -0.2) is 14.4 Å². The molecule has 0 unspecified atom stereocenters. The van der Waals surface area contributed by atoms with Crippen LogP contribution in [0.15, 0.2) is 67.0 Å². The number of aromatic nitrogens is 2. The maximum Gasteiger partial charge on any atom is 0.255 e. The molecule has 1 aliphatic heterocycles. The van der Waals surface area contributed by atoms with Crippen molar-refractivity contribution in [1.29, 1.82) is 0 Å². The van der Waals surface area contributed by atoms with Crippen LogP contribution in [0.4, 0.5) is 21.6 Å². The maximum atomic E-state index is 13.1. The highest BCUT2D eigenvalue weighted by Gasteiger charge is 2.14. The van der Waals surface area contributed by atoms with Crippen LogP contribution in [0, 0.1) is 5.82 Å². The standard InChI is InChI=1S/C29H30FN5O4/c1-37-26-17-24-25(18-27(26)39-14-2-11-35-12-15-38-16-13-35)31-19-32-28(24)33-22-7-9-23(10-8-22)34-29(36)20-3-5-21(30)6-4-20/h3-10,17-19H,2,11-16H2,1H3,(H,34,36)(H,31,32,33). The van der Waals surface area contributed by atoms with Crippen molar-refractivity contribution in [2.45, 2.75) is 6.42 Å². The average molecular weight is 532 g/mol. The smallest absolute Gasteiger partial charge is 0.255 e. The molecule has 1 aromatic heterocycles. The van der Waals surface area contributed by atoms with Crippen LogP contribution in [0.3, 0.4) is 0 Å². The molecule has 2 heterocycles. The number of carbonyl (C=O) groups excluding carboxylic acids is 1. The molecule has 0 radical (unpaired) electrons. The number of carbonyl (C=O) groups is 1. The van der Waals surface area contributed by atoms with Gasteiger partial charge in [-0.2, -0.15) is 0 Å². The Hall–Kier alpha value is -4.28. The maximum absolute atomic E-state index is 13.1. The summed E-state index contributed by atoms with van der Waals surface area (Å²) in [5.74, 6) is 1.15. The van der Waals surface area contributed by atoms with Gasteiger partial charge in [-0.1, -0.05) is 0 Å². The van der Waals surface area contributed by atoms with Crippen LogP contribution in [0.1, 0.15) is 16.8 Å². The van der Waals surface area contributed by atoms with Crippen LogP contribution in [0.2, 0.25) is 0 Å². The van der Waals surface area contributed by atoms with Crippen LogP contribution in [0.25, 0.3) is 10.9 Å². The normalized spacial score (nSPS) is 13.7. The van der Waals surface area contributed by atoms with E-state index in [0.29, 0.717) is 35.2 Å². The van der Waals surface area contributed by atoms with Gasteiger partial charge in [0.25, 0.3) is 5.91 Å². The van der Waals surface area contributed by atoms with E-state index in [-0.39, 0.29) is 11.7 Å². The first-order valence-corrected chi connectivity index (χ1v) is 12.8. The van der Waals surface area contributed by atoms with Crippen molar-refractivity contribution in [3.63, 3.8) is 0 Å². The quantitative estimate of drug-likeness (QED) is 0.280. The third-order valence-corrected chi connectivity index (χ3v) is 6.41. The summed E-state index contributed by atoms with van der Waals surface area (Å²) in [7, 11) is 1.61. The highest BCUT2D eigenvalue weighted by molar-refractivity contribution is 6.04. The Balaban J connectivity index is 1.23. The molecular formula is C29H30FN5O4. The number of fused-ring (bicyclic) bond motifs is 1. The number of benzene rings is 3. The minimum Gasteiger partial charge on any atom is -0.493 e. The first kappa shape index (κ1) is 26.3. The van der Waals surface area contributed by atoms with Gasteiger partial charge in [0.1, 0.15) is 18.0 Å². The first-order chi connectivity index (χ1) is 19.1. The van der Waals surface area contributed by atoms with Gasteiger partial charge < -0.3 is 24.8 Å². The molecule has 0 spiro atoms. The van der Waals surface area contributed by atoms with E-state index in [1.807, 2.05) is 24.3 Å². The van der Waals surface area contributed by atoms with E-state index in [2.05, 4.69) is 25.5 Å². The monoisotopic (exact) mass is 531 g/mol. The molecule has 1 fully saturated rings. The summed E-state index contributed by atoms with van der Waals surface area (Å²) in [5, 5.41) is 6.89. The predicted octanol–water partition coefficient (Wildman–Crippen LogP) is 4.87. The van der Waals surface area contributed by atoms with Crippen molar-refractivity contribution in [3.05, 3.63) is 78.4 Å². The molecule has 3 aromatic carbocycles. The summed E-state index contributed by atoms with van der Waals surface area (Å²) in [6.07, 6.45) is 2.40. The lowest BCUT2D eigenvalue weighted by atomic mass is 10.2. The van der Waals surface area contributed by atoms with Crippen LogP contribution < -0.4 is 20.1 Å². The third-order valence-electron chi connectivity index (χ3n) is 6.41. The number of methoxy groups -OCH3 is 1. The number of amides is 1. The molecule has 1 amide bonds. The zero-order valence-corrected chi connectivity index (χ0v) is 21.7. The molecule has 4 aromatic rings. The van der Waals surface area contributed by atoms with E-state index >= 15 is 0 Å². The number of ether oxygens (including phenoxy) is 3. The molecule has 0 bridgehead atoms. The SMILES string of the molecule is COc1cc2c(Nc3ccc(NC(=O)c4ccc(F)cc4)cc3)ncnc2cc1OCCCN1CCOCC1. The third kappa shape index (κ3) is 6.78. The Morgan fingerprint density at radius 2 is 1.74 bits per heavy atom. The Labute approximate surface area is 225 Å². The van der Waals surface area contributed by atoms with Gasteiger partial charge in [-0.3, -0.25) is 9.69 Å². The topological polar surface area (TPSA) is 97.8 Å². The highest BCUT2D eigenvalue weighted by Crippen LogP contribution is 2.35. The summed E-state index contributed by atoms with van der Waals surface area (Å²) in [5.41, 5.74) is 2.48. The molecule has 2 N–H and O–H groups in total. The second-order valence-electron chi connectivity index (χ2n) is 9.06. The van der Waals surface area contributed by atoms with Crippen LogP contribution in [-0.4, -0.2) is 67.3 Å². The molecule has 0 aliphatic carbocycles. The highest BCUT2D eigenvalue weighted by atomic mass is 19.1. The molecule has 1 aliphatic rings. The largest absolute Gasteiger partial charge is 0.493 e. The second kappa shape index (κ2) is 12.5. The summed E-state index contributed by atoms with van der Waals surface area (Å²) in [6.45, 7) is 5.02. The van der Waals surface area contributed by atoms with Crippen LogP contribution in [0.5, 0.6) is 11.5 Å². The Morgan fingerprint density at radius 3 is 2.49 bits per heavy atom. The zero-order chi connectivity index (χ0) is 27.0. The molecule has 0 saturated carbocycles. The summed E-state index contributed by atoms with van der Waals surface area (Å²) < 4.78 is 30.2. The van der Waals surface area contributed by atoms with Gasteiger partial charge in [0.2, 0.25) is 0 Å². The second-order valence-corrected chi connectivity index (χ2v) is 9.06. The van der Waals surface area contributed by atoms with Crippen molar-refractivity contribution in [1.82, 2.24) is 14.9 Å². The number of rotatable bonds is 10. The Morgan fingerprint density at radius 1 is 1.00 bits per heavy atom. The van der Waals surface area contributed by atoms with Gasteiger partial charge in [-0.05, 0) is 61.0 Å². The molecule has 0 atom stereocenters. The number of halogens is 1. The van der Waals surface area contributed by atoms with E-state index in [1.54, 1.807) is 19.2 Å². The number of morpholine rings is 1. The lowest BCUT2D eigenvalue weighted by Crippen LogP contribution is -2.37. The molecule has 9 nitrogen and oxygen atoms in total. The number of nitrogens with zero attached hydrogens (tertiary/aromatic N) is 3. The summed E-state index contributed by atoms with van der Waals surface area (Å²) >= 11 is 0. The lowest BCUT2D eigenvalue weighted by Gasteiger charge is -2.26. The van der Waals surface area contributed by atoms with Gasteiger partial charge >= 0.3 is 0 Å². The number of nitrogens with one attached hydrogen (secondary N) is 2. The van der Waals surface area contributed by atoms with E-state index in [1.165, 1.54) is 30.6 Å². The molecule has 39 heavy (non-hydrogen) atoms. The molecule has 10 heteroatoms. The van der Waals surface area contributed by atoms with Gasteiger partial charge in [0.05, 0.1) is 32.4 Å². The first-order valence-electron chi connectivity index (χ1n) is 12.8. The van der Waals surface area contributed by atoms with Crippen molar-refractivity contribution >= 4 is 34.0 Å². The fourth-order valence-corrected chi connectivity index (χ4v) is 4.31. The fourth-order valence-electron chi connectivity index (χ4n) is 4.31. The van der Waals surface area contributed by atoms with Crippen LogP contribution >= 0.6 is 0 Å². The van der Waals surface area contributed by atoms with Crippen molar-refractivity contribution in [2.75, 3.05) is 57.2 Å².